The molecule has 0 unspecified atom stereocenters. The summed E-state index contributed by atoms with van der Waals surface area (Å²) >= 11 is 0. The minimum atomic E-state index is -0.515. The molecule has 2 aromatic heterocycles. The maximum Gasteiger partial charge on any atom is 0.410 e. The molecule has 31 heavy (non-hydrogen) atoms. The molecule has 2 bridgehead atoms. The lowest BCUT2D eigenvalue weighted by Gasteiger charge is -2.26. The minimum Gasteiger partial charge on any atom is -0.493 e. The average Bonchev–Trinajstić information content (AvgIpc) is 3.45. The van der Waals surface area contributed by atoms with Gasteiger partial charge >= 0.3 is 11.8 Å². The molecule has 1 amide bonds. The van der Waals surface area contributed by atoms with Crippen LogP contribution in [0.1, 0.15) is 36.3 Å². The second-order valence-corrected chi connectivity index (χ2v) is 7.47. The van der Waals surface area contributed by atoms with Crippen LogP contribution in [0.4, 0.5) is 4.79 Å². The van der Waals surface area contributed by atoms with Crippen molar-refractivity contribution >= 4 is 16.9 Å². The Hall–Kier alpha value is -4.24. The van der Waals surface area contributed by atoms with Crippen LogP contribution < -0.4 is 5.69 Å². The van der Waals surface area contributed by atoms with Gasteiger partial charge < -0.3 is 9.84 Å². The van der Waals surface area contributed by atoms with E-state index >= 15 is 0 Å². The first-order chi connectivity index (χ1) is 15.1. The highest BCUT2D eigenvalue weighted by molar-refractivity contribution is 5.93. The number of carbonyl (C=O) groups is 1. The van der Waals surface area contributed by atoms with Crippen LogP contribution in [-0.4, -0.2) is 43.4 Å². The zero-order chi connectivity index (χ0) is 21.7. The summed E-state index contributed by atoms with van der Waals surface area (Å²) in [6.07, 6.45) is 6.94. The first-order valence-electron chi connectivity index (χ1n) is 9.78. The summed E-state index contributed by atoms with van der Waals surface area (Å²) in [6, 6.07) is 8.41. The molecule has 3 aromatic rings. The fourth-order valence-corrected chi connectivity index (χ4v) is 4.59. The van der Waals surface area contributed by atoms with Gasteiger partial charge in [-0.3, -0.25) is 9.47 Å². The zero-order valence-corrected chi connectivity index (χ0v) is 16.4. The summed E-state index contributed by atoms with van der Waals surface area (Å²) in [5, 5.41) is 21.6. The van der Waals surface area contributed by atoms with Crippen LogP contribution >= 0.6 is 0 Å². The molecule has 1 N–H and O–H groups in total. The van der Waals surface area contributed by atoms with Crippen LogP contribution in [0, 0.1) is 23.7 Å². The van der Waals surface area contributed by atoms with Gasteiger partial charge in [-0.1, -0.05) is 24.3 Å². The lowest BCUT2D eigenvalue weighted by Crippen LogP contribution is -2.38. The molecule has 0 radical (unpaired) electrons. The Balaban J connectivity index is 1.60. The lowest BCUT2D eigenvalue weighted by molar-refractivity contribution is 0.0946. The van der Waals surface area contributed by atoms with E-state index in [0.717, 1.165) is 0 Å². The number of amides is 1. The number of likely N-dealkylation sites (tertiary alicyclic amines) is 1. The fourth-order valence-electron chi connectivity index (χ4n) is 4.59. The molecule has 9 nitrogen and oxygen atoms in total. The Labute approximate surface area is 176 Å². The largest absolute Gasteiger partial charge is 0.493 e. The number of pyridine rings is 1. The molecule has 1 aromatic carbocycles. The van der Waals surface area contributed by atoms with E-state index in [9.17, 15) is 20.0 Å². The van der Waals surface area contributed by atoms with E-state index in [2.05, 4.69) is 10.9 Å². The summed E-state index contributed by atoms with van der Waals surface area (Å²) in [6.45, 7) is 0.439. The first-order valence-corrected chi connectivity index (χ1v) is 9.78. The highest BCUT2D eigenvalue weighted by atomic mass is 16.6. The number of carbonyl (C=O) groups excluding carboxylic acids is 1. The van der Waals surface area contributed by atoms with Crippen molar-refractivity contribution in [2.45, 2.75) is 24.9 Å². The molecule has 9 heteroatoms. The number of fused-ring (bicyclic) bond motifs is 6. The Morgan fingerprint density at radius 2 is 2.13 bits per heavy atom. The van der Waals surface area contributed by atoms with Gasteiger partial charge in [0, 0.05) is 23.7 Å². The summed E-state index contributed by atoms with van der Waals surface area (Å²) in [5.41, 5.74) is 0.585. The molecular weight excluding hydrogens is 398 g/mol. The van der Waals surface area contributed by atoms with Gasteiger partial charge in [0.2, 0.25) is 5.88 Å². The highest BCUT2D eigenvalue weighted by Gasteiger charge is 2.49. The Bertz CT molecular complexity index is 1370. The van der Waals surface area contributed by atoms with Crippen molar-refractivity contribution in [2.24, 2.45) is 0 Å². The van der Waals surface area contributed by atoms with Crippen molar-refractivity contribution in [3.05, 3.63) is 52.3 Å². The summed E-state index contributed by atoms with van der Waals surface area (Å²) in [5.74, 6) is 2.17. The monoisotopic (exact) mass is 415 g/mol. The van der Waals surface area contributed by atoms with Crippen molar-refractivity contribution in [3.63, 3.8) is 0 Å². The van der Waals surface area contributed by atoms with Crippen LogP contribution in [-0.2, 0) is 4.74 Å². The number of aromatic hydroxyl groups is 1. The summed E-state index contributed by atoms with van der Waals surface area (Å²) in [7, 11) is 0. The second-order valence-electron chi connectivity index (χ2n) is 7.47. The predicted octanol–water partition coefficient (Wildman–Crippen LogP) is 2.23. The van der Waals surface area contributed by atoms with Gasteiger partial charge in [0.1, 0.15) is 24.1 Å². The van der Waals surface area contributed by atoms with E-state index in [4.69, 9.17) is 11.2 Å². The minimum absolute atomic E-state index is 0.117. The fraction of sp³-hybridized carbons (Fsp3) is 0.273. The van der Waals surface area contributed by atoms with Gasteiger partial charge in [-0.2, -0.15) is 5.26 Å². The first kappa shape index (κ1) is 18.8. The third-order valence-electron chi connectivity index (χ3n) is 5.88. The molecule has 1 saturated heterocycles. The molecule has 4 heterocycles. The number of terminal acetylenes is 1. The van der Waals surface area contributed by atoms with Crippen LogP contribution in [0.15, 0.2) is 35.3 Å². The summed E-state index contributed by atoms with van der Waals surface area (Å²) < 4.78 is 7.94. The Morgan fingerprint density at radius 1 is 1.35 bits per heavy atom. The van der Waals surface area contributed by atoms with E-state index in [1.54, 1.807) is 24.3 Å². The zero-order valence-electron chi connectivity index (χ0n) is 16.4. The molecule has 0 aliphatic carbocycles. The van der Waals surface area contributed by atoms with Gasteiger partial charge in [0.05, 0.1) is 24.0 Å². The number of benzene rings is 1. The molecule has 5 rings (SSSR count). The number of aromatic nitrogens is 3. The quantitative estimate of drug-likeness (QED) is 0.518. The van der Waals surface area contributed by atoms with Gasteiger partial charge in [-0.15, -0.1) is 12.3 Å². The van der Waals surface area contributed by atoms with E-state index in [-0.39, 0.29) is 24.2 Å². The number of ether oxygens (including phenoxy) is 1. The Morgan fingerprint density at radius 3 is 2.87 bits per heavy atom. The van der Waals surface area contributed by atoms with Crippen molar-refractivity contribution in [2.75, 3.05) is 13.2 Å². The molecule has 0 spiro atoms. The van der Waals surface area contributed by atoms with E-state index in [0.29, 0.717) is 41.5 Å². The van der Waals surface area contributed by atoms with Crippen molar-refractivity contribution < 1.29 is 14.6 Å². The number of hydrogen-bond acceptors (Lipinski definition) is 6. The van der Waals surface area contributed by atoms with Gasteiger partial charge in [-0.05, 0) is 6.42 Å². The Kier molecular flexibility index (Phi) is 4.19. The molecule has 0 saturated carbocycles. The van der Waals surface area contributed by atoms with E-state index in [1.807, 2.05) is 6.07 Å². The van der Waals surface area contributed by atoms with Gasteiger partial charge in [0.15, 0.2) is 0 Å². The number of rotatable bonds is 3. The van der Waals surface area contributed by atoms with Crippen LogP contribution in [0.25, 0.3) is 16.5 Å². The second kappa shape index (κ2) is 6.92. The molecule has 1 fully saturated rings. The van der Waals surface area contributed by atoms with E-state index < -0.39 is 17.8 Å². The predicted molar refractivity (Wildman–Crippen MR) is 110 cm³/mol. The van der Waals surface area contributed by atoms with E-state index in [1.165, 1.54) is 20.2 Å². The van der Waals surface area contributed by atoms with Gasteiger partial charge in [-0.25, -0.2) is 19.1 Å². The summed E-state index contributed by atoms with van der Waals surface area (Å²) in [4.78, 5) is 31.4. The SMILES string of the molecule is C#CCCOC(=O)N1C[C@@H]2C[C@H]1c1c(O)n(-c3cnc(C#N)c4ccccc34)c(=O)n12. The molecular formula is C22H17N5O4. The lowest BCUT2D eigenvalue weighted by atomic mass is 10.1. The number of nitriles is 1. The van der Waals surface area contributed by atoms with Crippen molar-refractivity contribution in [1.29, 1.82) is 5.26 Å². The normalized spacial score (nSPS) is 18.6. The van der Waals surface area contributed by atoms with Crippen LogP contribution in [0.2, 0.25) is 0 Å². The standard InChI is InChI=1S/C22H17N5O4/c1-2-3-8-31-22(30)25-12-13-9-17(25)19-20(28)27(21(29)26(13)19)18-11-24-16(10-23)14-6-4-5-7-15(14)18/h1,4-7,11,13,17,28H,3,8-9,12H2/t13-,17-/m0/s1. The maximum absolute atomic E-state index is 13.3. The average molecular weight is 415 g/mol. The number of imidazole rings is 1. The van der Waals surface area contributed by atoms with Crippen molar-refractivity contribution in [3.8, 4) is 30.0 Å². The van der Waals surface area contributed by atoms with Crippen molar-refractivity contribution in [1.82, 2.24) is 19.0 Å². The van der Waals surface area contributed by atoms with Crippen LogP contribution in [0.3, 0.4) is 0 Å². The number of nitrogens with zero attached hydrogens (tertiary/aromatic N) is 5. The van der Waals surface area contributed by atoms with Gasteiger partial charge in [0.25, 0.3) is 0 Å². The molecule has 154 valence electrons. The molecule has 2 aliphatic heterocycles. The molecule has 2 aliphatic rings. The topological polar surface area (TPSA) is 113 Å². The highest BCUT2D eigenvalue weighted by Crippen LogP contribution is 2.49. The smallest absolute Gasteiger partial charge is 0.410 e. The molecule has 2 atom stereocenters. The third kappa shape index (κ3) is 2.60. The number of hydrogen-bond donors (Lipinski definition) is 1. The van der Waals surface area contributed by atoms with Crippen LogP contribution in [0.5, 0.6) is 5.88 Å². The maximum atomic E-state index is 13.3. The third-order valence-corrected chi connectivity index (χ3v) is 5.88.